The summed E-state index contributed by atoms with van der Waals surface area (Å²) in [6.07, 6.45) is -0.616. The predicted molar refractivity (Wildman–Crippen MR) is 62.5 cm³/mol. The van der Waals surface area contributed by atoms with E-state index >= 15 is 0 Å². The molecule has 1 amide bonds. The number of non-ortho nitro benzene ring substituents is 1. The number of amides is 1. The van der Waals surface area contributed by atoms with E-state index in [0.717, 1.165) is 5.56 Å². The minimum atomic E-state index is -1.24. The van der Waals surface area contributed by atoms with E-state index in [9.17, 15) is 19.7 Å². The van der Waals surface area contributed by atoms with Gasteiger partial charge in [0.2, 0.25) is 0 Å². The summed E-state index contributed by atoms with van der Waals surface area (Å²) < 4.78 is 0. The van der Waals surface area contributed by atoms with Crippen LogP contribution in [0.1, 0.15) is 12.0 Å². The number of nitrogens with one attached hydrogen (secondary N) is 1. The highest BCUT2D eigenvalue weighted by Gasteiger charge is 2.07. The van der Waals surface area contributed by atoms with Gasteiger partial charge in [0.25, 0.3) is 5.69 Å². The van der Waals surface area contributed by atoms with Gasteiger partial charge in [0, 0.05) is 18.6 Å². The van der Waals surface area contributed by atoms with Gasteiger partial charge in [0.1, 0.15) is 0 Å². The van der Waals surface area contributed by atoms with Crippen molar-refractivity contribution in [2.75, 3.05) is 6.54 Å². The van der Waals surface area contributed by atoms with Gasteiger partial charge in [0.15, 0.2) is 5.78 Å². The molecule has 0 atom stereocenters. The molecule has 7 nitrogen and oxygen atoms in total. The second-order valence-electron chi connectivity index (χ2n) is 3.62. The fourth-order valence-corrected chi connectivity index (χ4v) is 1.33. The first-order valence-electron chi connectivity index (χ1n) is 5.21. The average Bonchev–Trinajstić information content (AvgIpc) is 2.34. The Balaban J connectivity index is 2.41. The Bertz CT molecular complexity index is 455. The summed E-state index contributed by atoms with van der Waals surface area (Å²) in [6, 6.07) is 5.90. The summed E-state index contributed by atoms with van der Waals surface area (Å²) in [6.45, 7) is -0.220. The zero-order chi connectivity index (χ0) is 13.5. The van der Waals surface area contributed by atoms with Gasteiger partial charge < -0.3 is 10.4 Å². The number of nitrogens with zero attached hydrogens (tertiary/aromatic N) is 1. The van der Waals surface area contributed by atoms with Crippen LogP contribution in [-0.4, -0.2) is 28.5 Å². The lowest BCUT2D eigenvalue weighted by Crippen LogP contribution is -2.27. The van der Waals surface area contributed by atoms with Crippen molar-refractivity contribution in [3.63, 3.8) is 0 Å². The van der Waals surface area contributed by atoms with Crippen molar-refractivity contribution in [1.29, 1.82) is 0 Å². The van der Waals surface area contributed by atoms with Crippen molar-refractivity contribution < 1.29 is 19.6 Å². The molecule has 0 aliphatic carbocycles. The lowest BCUT2D eigenvalue weighted by molar-refractivity contribution is -0.384. The Hall–Kier alpha value is -2.44. The standard InChI is InChI=1S/C11H12N2O5/c14-10(7-12-11(15)16)6-3-8-1-4-9(5-2-8)13(17)18/h1-2,4-5,12H,3,6-7H2,(H,15,16). The quantitative estimate of drug-likeness (QED) is 0.586. The van der Waals surface area contributed by atoms with E-state index in [1.54, 1.807) is 12.1 Å². The van der Waals surface area contributed by atoms with Crippen LogP contribution in [0.25, 0.3) is 0 Å². The molecule has 1 rings (SSSR count). The molecule has 0 aliphatic rings. The van der Waals surface area contributed by atoms with E-state index in [4.69, 9.17) is 5.11 Å². The van der Waals surface area contributed by atoms with Gasteiger partial charge in [-0.25, -0.2) is 4.79 Å². The van der Waals surface area contributed by atoms with Gasteiger partial charge in [-0.2, -0.15) is 0 Å². The van der Waals surface area contributed by atoms with E-state index in [-0.39, 0.29) is 24.4 Å². The molecule has 0 saturated carbocycles. The summed E-state index contributed by atoms with van der Waals surface area (Å²) in [5, 5.41) is 20.7. The van der Waals surface area contributed by atoms with E-state index < -0.39 is 11.0 Å². The lowest BCUT2D eigenvalue weighted by atomic mass is 10.1. The Morgan fingerprint density at radius 2 is 1.89 bits per heavy atom. The SMILES string of the molecule is O=C(CCc1ccc([N+](=O)[O-])cc1)CNC(=O)O. The van der Waals surface area contributed by atoms with E-state index in [0.29, 0.717) is 6.42 Å². The zero-order valence-electron chi connectivity index (χ0n) is 9.46. The van der Waals surface area contributed by atoms with Gasteiger partial charge in [-0.05, 0) is 12.0 Å². The number of hydrogen-bond acceptors (Lipinski definition) is 4. The first kappa shape index (κ1) is 13.6. The highest BCUT2D eigenvalue weighted by Crippen LogP contribution is 2.13. The molecule has 0 aliphatic heterocycles. The number of Topliss-reactive ketones (excluding diaryl/α,β-unsaturated/α-hetero) is 1. The number of nitro benzene ring substituents is 1. The largest absolute Gasteiger partial charge is 0.465 e. The Labute approximate surface area is 103 Å². The van der Waals surface area contributed by atoms with Crippen molar-refractivity contribution in [2.24, 2.45) is 0 Å². The molecule has 18 heavy (non-hydrogen) atoms. The first-order valence-corrected chi connectivity index (χ1v) is 5.21. The summed E-state index contributed by atoms with van der Waals surface area (Å²) in [5.74, 6) is -0.226. The van der Waals surface area contributed by atoms with Gasteiger partial charge in [-0.15, -0.1) is 0 Å². The number of rotatable bonds is 6. The lowest BCUT2D eigenvalue weighted by Gasteiger charge is -2.01. The fourth-order valence-electron chi connectivity index (χ4n) is 1.33. The van der Waals surface area contributed by atoms with Gasteiger partial charge in [-0.3, -0.25) is 14.9 Å². The molecule has 1 aromatic rings. The Kier molecular flexibility index (Phi) is 4.79. The molecule has 96 valence electrons. The summed E-state index contributed by atoms with van der Waals surface area (Å²) in [4.78, 5) is 31.3. The number of benzene rings is 1. The van der Waals surface area contributed by atoms with Gasteiger partial charge in [0.05, 0.1) is 11.5 Å². The molecule has 0 heterocycles. The second-order valence-corrected chi connectivity index (χ2v) is 3.62. The van der Waals surface area contributed by atoms with Crippen molar-refractivity contribution in [3.05, 3.63) is 39.9 Å². The monoisotopic (exact) mass is 252 g/mol. The van der Waals surface area contributed by atoms with E-state index in [1.165, 1.54) is 12.1 Å². The fraction of sp³-hybridized carbons (Fsp3) is 0.273. The molecule has 7 heteroatoms. The molecule has 1 aromatic carbocycles. The number of carboxylic acid groups (broad SMARTS) is 1. The molecule has 2 N–H and O–H groups in total. The summed E-state index contributed by atoms with van der Waals surface area (Å²) in [5.41, 5.74) is 0.793. The number of ketones is 1. The number of carbonyl (C=O) groups is 2. The minimum absolute atomic E-state index is 0.00220. The number of hydrogen-bond donors (Lipinski definition) is 2. The van der Waals surface area contributed by atoms with Crippen LogP contribution in [-0.2, 0) is 11.2 Å². The third kappa shape index (κ3) is 4.60. The normalized spacial score (nSPS) is 9.78. The van der Waals surface area contributed by atoms with Crippen molar-refractivity contribution >= 4 is 17.6 Å². The maximum Gasteiger partial charge on any atom is 0.405 e. The molecule has 0 aromatic heterocycles. The number of nitro groups is 1. The van der Waals surface area contributed by atoms with Crippen LogP contribution in [0.2, 0.25) is 0 Å². The Morgan fingerprint density at radius 3 is 2.39 bits per heavy atom. The molecule has 0 radical (unpaired) electrons. The van der Waals surface area contributed by atoms with Crippen LogP contribution in [0.3, 0.4) is 0 Å². The molecule has 0 saturated heterocycles. The molecule has 0 fully saturated rings. The maximum absolute atomic E-state index is 11.3. The third-order valence-corrected chi connectivity index (χ3v) is 2.28. The van der Waals surface area contributed by atoms with Crippen molar-refractivity contribution in [1.82, 2.24) is 5.32 Å². The minimum Gasteiger partial charge on any atom is -0.465 e. The smallest absolute Gasteiger partial charge is 0.405 e. The van der Waals surface area contributed by atoms with Crippen LogP contribution >= 0.6 is 0 Å². The second kappa shape index (κ2) is 6.33. The van der Waals surface area contributed by atoms with Crippen LogP contribution < -0.4 is 5.32 Å². The first-order chi connectivity index (χ1) is 8.49. The molecule has 0 spiro atoms. The van der Waals surface area contributed by atoms with Gasteiger partial charge in [-0.1, -0.05) is 12.1 Å². The van der Waals surface area contributed by atoms with Crippen molar-refractivity contribution in [3.8, 4) is 0 Å². The zero-order valence-corrected chi connectivity index (χ0v) is 9.46. The van der Waals surface area contributed by atoms with Gasteiger partial charge >= 0.3 is 6.09 Å². The van der Waals surface area contributed by atoms with Crippen LogP contribution in [0.15, 0.2) is 24.3 Å². The van der Waals surface area contributed by atoms with Crippen LogP contribution in [0, 0.1) is 10.1 Å². The van der Waals surface area contributed by atoms with E-state index in [2.05, 4.69) is 0 Å². The van der Waals surface area contributed by atoms with Crippen molar-refractivity contribution in [2.45, 2.75) is 12.8 Å². The third-order valence-electron chi connectivity index (χ3n) is 2.28. The van der Waals surface area contributed by atoms with Crippen LogP contribution in [0.4, 0.5) is 10.5 Å². The maximum atomic E-state index is 11.3. The highest BCUT2D eigenvalue weighted by atomic mass is 16.6. The van der Waals surface area contributed by atoms with E-state index in [1.807, 2.05) is 5.32 Å². The molecule has 0 unspecified atom stereocenters. The summed E-state index contributed by atoms with van der Waals surface area (Å²) >= 11 is 0. The number of aryl methyl sites for hydroxylation is 1. The molecular formula is C11H12N2O5. The molecule has 0 bridgehead atoms. The summed E-state index contributed by atoms with van der Waals surface area (Å²) in [7, 11) is 0. The molecular weight excluding hydrogens is 240 g/mol. The topological polar surface area (TPSA) is 110 Å². The van der Waals surface area contributed by atoms with Crippen LogP contribution in [0.5, 0.6) is 0 Å². The Morgan fingerprint density at radius 1 is 1.28 bits per heavy atom. The average molecular weight is 252 g/mol. The number of carbonyl (C=O) groups excluding carboxylic acids is 1. The highest BCUT2D eigenvalue weighted by molar-refractivity contribution is 5.83. The predicted octanol–water partition coefficient (Wildman–Crippen LogP) is 1.36.